The molecule has 0 spiro atoms. The molecule has 0 aliphatic rings. The van der Waals surface area contributed by atoms with E-state index in [9.17, 15) is 9.59 Å². The summed E-state index contributed by atoms with van der Waals surface area (Å²) in [5.74, 6) is 0.00976. The molecular weight excluding hydrogens is 356 g/mol. The van der Waals surface area contributed by atoms with Gasteiger partial charge in [0, 0.05) is 12.7 Å². The van der Waals surface area contributed by atoms with Gasteiger partial charge in [0.15, 0.2) is 0 Å². The van der Waals surface area contributed by atoms with E-state index >= 15 is 0 Å². The summed E-state index contributed by atoms with van der Waals surface area (Å²) in [5.41, 5.74) is 6.37. The zero-order valence-corrected chi connectivity index (χ0v) is 16.2. The Labute approximate surface area is 165 Å². The largest absolute Gasteiger partial charge is 0.445 e. The van der Waals surface area contributed by atoms with Gasteiger partial charge in [-0.15, -0.1) is 0 Å². The number of benzene rings is 1. The number of carbonyl (C=O) groups is 2. The lowest BCUT2D eigenvalue weighted by atomic mass is 10.0. The summed E-state index contributed by atoms with van der Waals surface area (Å²) in [6.45, 7) is 2.52. The molecule has 0 saturated carbocycles. The van der Waals surface area contributed by atoms with Gasteiger partial charge in [-0.25, -0.2) is 9.78 Å². The molecule has 0 radical (unpaired) electrons. The van der Waals surface area contributed by atoms with Crippen LogP contribution in [0, 0.1) is 5.92 Å². The SMILES string of the molecule is CCCCCC(CNC(=O)OCc1ccccc1)C(=O)NNc1ccccn1. The molecule has 1 heterocycles. The molecule has 7 nitrogen and oxygen atoms in total. The second-order valence-electron chi connectivity index (χ2n) is 6.46. The van der Waals surface area contributed by atoms with Crippen LogP contribution in [-0.2, 0) is 16.1 Å². The van der Waals surface area contributed by atoms with E-state index in [0.29, 0.717) is 12.2 Å². The first-order chi connectivity index (χ1) is 13.7. The molecule has 0 fully saturated rings. The fourth-order valence-electron chi connectivity index (χ4n) is 2.61. The number of unbranched alkanes of at least 4 members (excludes halogenated alkanes) is 2. The first kappa shape index (κ1) is 21.2. The first-order valence-corrected chi connectivity index (χ1v) is 9.60. The van der Waals surface area contributed by atoms with E-state index in [2.05, 4.69) is 28.1 Å². The third-order valence-electron chi connectivity index (χ3n) is 4.21. The zero-order chi connectivity index (χ0) is 20.0. The lowest BCUT2D eigenvalue weighted by molar-refractivity contribution is -0.124. The fraction of sp³-hybridized carbons (Fsp3) is 0.381. The summed E-state index contributed by atoms with van der Waals surface area (Å²) in [4.78, 5) is 28.6. The molecule has 2 aromatic rings. The van der Waals surface area contributed by atoms with Crippen LogP contribution < -0.4 is 16.2 Å². The molecule has 2 amide bonds. The highest BCUT2D eigenvalue weighted by atomic mass is 16.5. The van der Waals surface area contributed by atoms with Crippen molar-refractivity contribution in [2.45, 2.75) is 39.2 Å². The van der Waals surface area contributed by atoms with Crippen molar-refractivity contribution in [2.75, 3.05) is 12.0 Å². The number of hydrazine groups is 1. The first-order valence-electron chi connectivity index (χ1n) is 9.60. The highest BCUT2D eigenvalue weighted by molar-refractivity contribution is 5.80. The Morgan fingerprint density at radius 2 is 1.86 bits per heavy atom. The summed E-state index contributed by atoms with van der Waals surface area (Å²) in [6.07, 6.45) is 4.80. The van der Waals surface area contributed by atoms with Gasteiger partial charge in [-0.3, -0.25) is 15.6 Å². The van der Waals surface area contributed by atoms with Crippen molar-refractivity contribution in [1.29, 1.82) is 0 Å². The van der Waals surface area contributed by atoms with E-state index in [-0.39, 0.29) is 25.0 Å². The second kappa shape index (κ2) is 12.3. The van der Waals surface area contributed by atoms with Crippen molar-refractivity contribution in [3.63, 3.8) is 0 Å². The zero-order valence-electron chi connectivity index (χ0n) is 16.2. The van der Waals surface area contributed by atoms with Crippen molar-refractivity contribution in [1.82, 2.24) is 15.7 Å². The van der Waals surface area contributed by atoms with Gasteiger partial charge in [0.25, 0.3) is 0 Å². The molecule has 0 saturated heterocycles. The van der Waals surface area contributed by atoms with Crippen LogP contribution in [-0.4, -0.2) is 23.5 Å². The number of hydrogen-bond acceptors (Lipinski definition) is 5. The van der Waals surface area contributed by atoms with E-state index in [1.807, 2.05) is 36.4 Å². The van der Waals surface area contributed by atoms with Crippen molar-refractivity contribution >= 4 is 17.8 Å². The van der Waals surface area contributed by atoms with Crippen LogP contribution in [0.1, 0.15) is 38.2 Å². The fourth-order valence-corrected chi connectivity index (χ4v) is 2.61. The lowest BCUT2D eigenvalue weighted by Crippen LogP contribution is -2.41. The Hall–Kier alpha value is -3.09. The van der Waals surface area contributed by atoms with Crippen molar-refractivity contribution in [3.05, 3.63) is 60.3 Å². The van der Waals surface area contributed by atoms with Crippen molar-refractivity contribution in [3.8, 4) is 0 Å². The van der Waals surface area contributed by atoms with E-state index < -0.39 is 6.09 Å². The Morgan fingerprint density at radius 3 is 2.57 bits per heavy atom. The number of amides is 2. The molecule has 0 aliphatic heterocycles. The number of carbonyl (C=O) groups excluding carboxylic acids is 2. The average molecular weight is 384 g/mol. The van der Waals surface area contributed by atoms with Gasteiger partial charge >= 0.3 is 6.09 Å². The number of hydrogen-bond donors (Lipinski definition) is 3. The van der Waals surface area contributed by atoms with Gasteiger partial charge in [-0.2, -0.15) is 0 Å². The summed E-state index contributed by atoms with van der Waals surface area (Å²) >= 11 is 0. The van der Waals surface area contributed by atoms with E-state index in [4.69, 9.17) is 4.74 Å². The van der Waals surface area contributed by atoms with E-state index in [1.165, 1.54) is 0 Å². The molecule has 28 heavy (non-hydrogen) atoms. The molecule has 2 rings (SSSR count). The molecule has 0 aliphatic carbocycles. The van der Waals surface area contributed by atoms with Crippen LogP contribution >= 0.6 is 0 Å². The minimum Gasteiger partial charge on any atom is -0.445 e. The average Bonchev–Trinajstić information content (AvgIpc) is 2.74. The van der Waals surface area contributed by atoms with Gasteiger partial charge in [0.2, 0.25) is 5.91 Å². The number of aromatic nitrogens is 1. The number of nitrogens with zero attached hydrogens (tertiary/aromatic N) is 1. The minimum atomic E-state index is -0.533. The number of alkyl carbamates (subject to hydrolysis) is 1. The smallest absolute Gasteiger partial charge is 0.407 e. The van der Waals surface area contributed by atoms with Gasteiger partial charge in [-0.05, 0) is 24.1 Å². The Morgan fingerprint density at radius 1 is 1.07 bits per heavy atom. The molecule has 1 aromatic heterocycles. The quantitative estimate of drug-likeness (QED) is 0.406. The van der Waals surface area contributed by atoms with Crippen LogP contribution in [0.3, 0.4) is 0 Å². The number of anilines is 1. The minimum absolute atomic E-state index is 0.190. The Kier molecular flexibility index (Phi) is 9.34. The molecule has 1 atom stereocenters. The Bertz CT molecular complexity index is 710. The normalized spacial score (nSPS) is 11.3. The summed E-state index contributed by atoms with van der Waals surface area (Å²) in [5, 5.41) is 2.69. The summed E-state index contributed by atoms with van der Waals surface area (Å²) in [7, 11) is 0. The van der Waals surface area contributed by atoms with Crippen LogP contribution in [0.25, 0.3) is 0 Å². The van der Waals surface area contributed by atoms with Gasteiger partial charge in [0.05, 0.1) is 5.92 Å². The molecule has 0 bridgehead atoms. The number of ether oxygens (including phenoxy) is 1. The van der Waals surface area contributed by atoms with Crippen LogP contribution in [0.15, 0.2) is 54.7 Å². The molecular formula is C21H28N4O3. The van der Waals surface area contributed by atoms with E-state index in [1.54, 1.807) is 18.3 Å². The maximum atomic E-state index is 12.5. The van der Waals surface area contributed by atoms with Gasteiger partial charge in [0.1, 0.15) is 12.4 Å². The highest BCUT2D eigenvalue weighted by Gasteiger charge is 2.19. The van der Waals surface area contributed by atoms with Crippen molar-refractivity contribution in [2.24, 2.45) is 5.92 Å². The van der Waals surface area contributed by atoms with Gasteiger partial charge in [-0.1, -0.05) is 62.6 Å². The Balaban J connectivity index is 1.79. The summed E-state index contributed by atoms with van der Waals surface area (Å²) < 4.78 is 5.21. The molecule has 150 valence electrons. The molecule has 3 N–H and O–H groups in total. The summed E-state index contributed by atoms with van der Waals surface area (Å²) in [6, 6.07) is 14.8. The van der Waals surface area contributed by atoms with Gasteiger partial charge < -0.3 is 10.1 Å². The monoisotopic (exact) mass is 384 g/mol. The molecule has 7 heteroatoms. The maximum Gasteiger partial charge on any atom is 0.407 e. The third-order valence-corrected chi connectivity index (χ3v) is 4.21. The number of pyridine rings is 1. The standard InChI is InChI=1S/C21H28N4O3/c1-2-3-5-12-18(20(26)25-24-19-13-8-9-14-22-19)15-23-21(27)28-16-17-10-6-4-7-11-17/h4,6-11,13-14,18H,2-3,5,12,15-16H2,1H3,(H,22,24)(H,23,27)(H,25,26). The van der Waals surface area contributed by atoms with Crippen LogP contribution in [0.5, 0.6) is 0 Å². The van der Waals surface area contributed by atoms with Crippen molar-refractivity contribution < 1.29 is 14.3 Å². The predicted molar refractivity (Wildman–Crippen MR) is 108 cm³/mol. The van der Waals surface area contributed by atoms with E-state index in [0.717, 1.165) is 24.8 Å². The topological polar surface area (TPSA) is 92.3 Å². The van der Waals surface area contributed by atoms with Crippen LogP contribution in [0.4, 0.5) is 10.6 Å². The molecule has 1 unspecified atom stereocenters. The number of nitrogens with one attached hydrogen (secondary N) is 3. The van der Waals surface area contributed by atoms with Crippen LogP contribution in [0.2, 0.25) is 0 Å². The predicted octanol–water partition coefficient (Wildman–Crippen LogP) is 3.65. The third kappa shape index (κ3) is 8.07. The number of rotatable bonds is 11. The maximum absolute atomic E-state index is 12.5. The molecule has 1 aromatic carbocycles. The lowest BCUT2D eigenvalue weighted by Gasteiger charge is -2.18. The highest BCUT2D eigenvalue weighted by Crippen LogP contribution is 2.10. The second-order valence-corrected chi connectivity index (χ2v) is 6.46.